The van der Waals surface area contributed by atoms with Crippen molar-refractivity contribution >= 4 is 23.6 Å². The molecule has 12 heteroatoms. The molecule has 338 valence electrons. The number of methoxy groups -OCH3 is 1. The number of imidazole rings is 2. The van der Waals surface area contributed by atoms with Gasteiger partial charge in [-0.2, -0.15) is 0 Å². The number of H-pyrrole nitrogens is 2. The van der Waals surface area contributed by atoms with Crippen LogP contribution < -0.4 is 10.2 Å². The second-order valence-corrected chi connectivity index (χ2v) is 19.8. The number of ether oxygens (including phenoxy) is 1. The fourth-order valence-corrected chi connectivity index (χ4v) is 10.0. The summed E-state index contributed by atoms with van der Waals surface area (Å²) in [4.78, 5) is 62.0. The molecule has 0 unspecified atom stereocenters. The first-order valence-electron chi connectivity index (χ1n) is 23.3. The summed E-state index contributed by atoms with van der Waals surface area (Å²) in [6.45, 7) is 16.2. The minimum Gasteiger partial charge on any atom is -0.453 e. The van der Waals surface area contributed by atoms with Crippen molar-refractivity contribution in [2.24, 2.45) is 11.8 Å². The van der Waals surface area contributed by atoms with E-state index in [4.69, 9.17) is 14.7 Å². The van der Waals surface area contributed by atoms with Gasteiger partial charge in [-0.25, -0.2) is 14.8 Å². The Balaban J connectivity index is 1.01. The molecule has 5 aromatic rings. The Morgan fingerprint density at radius 3 is 1.67 bits per heavy atom. The number of aromatic amines is 2. The lowest BCUT2D eigenvalue weighted by atomic mass is 9.87. The average molecular weight is 867 g/mol. The number of aromatic nitrogens is 4. The molecule has 0 saturated carbocycles. The first-order valence-corrected chi connectivity index (χ1v) is 23.3. The van der Waals surface area contributed by atoms with E-state index >= 15 is 0 Å². The number of nitrogens with zero attached hydrogens (tertiary/aromatic N) is 5. The fraction of sp³-hybridized carbons (Fsp3) is 0.481. The van der Waals surface area contributed by atoms with E-state index in [9.17, 15) is 14.4 Å². The van der Waals surface area contributed by atoms with Crippen LogP contribution in [0.4, 0.5) is 10.5 Å². The van der Waals surface area contributed by atoms with Crippen molar-refractivity contribution in [2.45, 2.75) is 129 Å². The van der Waals surface area contributed by atoms with E-state index in [1.54, 1.807) is 0 Å². The van der Waals surface area contributed by atoms with Crippen LogP contribution in [0.2, 0.25) is 0 Å². The summed E-state index contributed by atoms with van der Waals surface area (Å²) in [5, 5.41) is 2.73. The molecule has 0 aliphatic carbocycles. The van der Waals surface area contributed by atoms with Crippen molar-refractivity contribution in [1.29, 1.82) is 0 Å². The summed E-state index contributed by atoms with van der Waals surface area (Å²) in [5.74, 6) is 1.94. The van der Waals surface area contributed by atoms with Crippen LogP contribution in [0.5, 0.6) is 0 Å². The topological polar surface area (TPSA) is 140 Å². The largest absolute Gasteiger partial charge is 0.453 e. The highest BCUT2D eigenvalue weighted by molar-refractivity contribution is 5.86. The Kier molecular flexibility index (Phi) is 13.0. The molecule has 8 rings (SSSR count). The van der Waals surface area contributed by atoms with Crippen molar-refractivity contribution in [2.75, 3.05) is 25.1 Å². The zero-order valence-corrected chi connectivity index (χ0v) is 38.9. The number of anilines is 1. The molecule has 12 nitrogen and oxygen atoms in total. The van der Waals surface area contributed by atoms with Gasteiger partial charge in [-0.05, 0) is 95.7 Å². The first kappa shape index (κ1) is 44.7. The molecule has 3 aromatic carbocycles. The molecule has 0 bridgehead atoms. The van der Waals surface area contributed by atoms with Crippen LogP contribution in [-0.2, 0) is 19.7 Å². The Bertz CT molecular complexity index is 2390. The third-order valence-corrected chi connectivity index (χ3v) is 13.5. The molecular formula is C52H66N8O4. The summed E-state index contributed by atoms with van der Waals surface area (Å²) >= 11 is 0. The van der Waals surface area contributed by atoms with Gasteiger partial charge in [0.25, 0.3) is 0 Å². The maximum atomic E-state index is 13.7. The highest BCUT2D eigenvalue weighted by Crippen LogP contribution is 2.48. The van der Waals surface area contributed by atoms with Crippen molar-refractivity contribution in [1.82, 2.24) is 35.1 Å². The monoisotopic (exact) mass is 867 g/mol. The van der Waals surface area contributed by atoms with E-state index in [2.05, 4.69) is 128 Å². The fourth-order valence-electron chi connectivity index (χ4n) is 10.0. The van der Waals surface area contributed by atoms with Crippen LogP contribution in [-0.4, -0.2) is 73.9 Å². The lowest BCUT2D eigenvalue weighted by Crippen LogP contribution is -2.51. The number of carbonyl (C=O) groups is 3. The molecule has 3 aliphatic rings. The molecule has 3 amide bonds. The van der Waals surface area contributed by atoms with Gasteiger partial charge in [0.15, 0.2) is 0 Å². The van der Waals surface area contributed by atoms with Crippen LogP contribution in [0, 0.1) is 11.8 Å². The number of benzene rings is 3. The van der Waals surface area contributed by atoms with Crippen LogP contribution in [0.25, 0.3) is 22.5 Å². The number of alkyl carbamates (subject to hydrolysis) is 1. The van der Waals surface area contributed by atoms with Crippen molar-refractivity contribution in [3.05, 3.63) is 114 Å². The number of hydrogen-bond donors (Lipinski definition) is 3. The van der Waals surface area contributed by atoms with Crippen LogP contribution >= 0.6 is 0 Å². The summed E-state index contributed by atoms with van der Waals surface area (Å²) in [6.07, 6.45) is 9.32. The molecule has 3 saturated heterocycles. The van der Waals surface area contributed by atoms with Gasteiger partial charge in [0, 0.05) is 25.2 Å². The molecule has 0 spiro atoms. The highest BCUT2D eigenvalue weighted by atomic mass is 16.5. The summed E-state index contributed by atoms with van der Waals surface area (Å²) in [6, 6.07) is 26.4. The molecule has 0 radical (unpaired) electrons. The second kappa shape index (κ2) is 18.7. The van der Waals surface area contributed by atoms with Gasteiger partial charge in [0.05, 0.1) is 55.1 Å². The van der Waals surface area contributed by atoms with Gasteiger partial charge in [0.1, 0.15) is 17.7 Å². The Morgan fingerprint density at radius 2 is 1.20 bits per heavy atom. The molecule has 3 N–H and O–H groups in total. The van der Waals surface area contributed by atoms with E-state index in [0.29, 0.717) is 18.9 Å². The Hall–Kier alpha value is -5.91. The molecule has 3 fully saturated rings. The zero-order chi connectivity index (χ0) is 45.3. The molecule has 64 heavy (non-hydrogen) atoms. The predicted molar refractivity (Wildman–Crippen MR) is 251 cm³/mol. The van der Waals surface area contributed by atoms with Crippen molar-refractivity contribution in [3.8, 4) is 22.5 Å². The van der Waals surface area contributed by atoms with Gasteiger partial charge < -0.3 is 34.7 Å². The average Bonchev–Trinajstić information content (AvgIpc) is 4.14. The SMILES string of the molecule is COC(=O)N[C@H](C(=O)N1CCC[C@H]1c1ncc(-c2ccc([C@@H]3CC[C@H](c4ccc(-c5cnc([C@@H]6CCCN6C(=O)CC(C)C)[nH]5)cc4)N3c3ccc(C(C)(C)C)cc3)cc2)[nH]1)C(C)C. The molecule has 5 atom stereocenters. The van der Waals surface area contributed by atoms with E-state index in [1.807, 2.05) is 36.0 Å². The summed E-state index contributed by atoms with van der Waals surface area (Å²) < 4.78 is 4.81. The van der Waals surface area contributed by atoms with Gasteiger partial charge in [-0.15, -0.1) is 0 Å². The van der Waals surface area contributed by atoms with E-state index in [1.165, 1.54) is 29.5 Å². The normalized spacial score (nSPS) is 20.7. The number of rotatable bonds is 12. The van der Waals surface area contributed by atoms with E-state index in [0.717, 1.165) is 79.2 Å². The minimum absolute atomic E-state index is 0.000882. The van der Waals surface area contributed by atoms with E-state index < -0.39 is 12.1 Å². The second-order valence-electron chi connectivity index (χ2n) is 19.8. The lowest BCUT2D eigenvalue weighted by molar-refractivity contribution is -0.135. The maximum absolute atomic E-state index is 13.7. The number of hydrogen-bond acceptors (Lipinski definition) is 7. The van der Waals surface area contributed by atoms with Gasteiger partial charge in [-0.1, -0.05) is 109 Å². The number of nitrogens with one attached hydrogen (secondary N) is 3. The van der Waals surface area contributed by atoms with E-state index in [-0.39, 0.29) is 47.3 Å². The van der Waals surface area contributed by atoms with Gasteiger partial charge in [0.2, 0.25) is 11.8 Å². The predicted octanol–water partition coefficient (Wildman–Crippen LogP) is 10.6. The number of carbonyl (C=O) groups excluding carboxylic acids is 3. The molecule has 3 aliphatic heterocycles. The third kappa shape index (κ3) is 9.33. The van der Waals surface area contributed by atoms with Crippen LogP contribution in [0.1, 0.15) is 146 Å². The minimum atomic E-state index is -0.682. The van der Waals surface area contributed by atoms with Crippen molar-refractivity contribution in [3.63, 3.8) is 0 Å². The first-order chi connectivity index (χ1) is 30.7. The number of amides is 3. The standard InChI is InChI=1S/C52H66N8O4/c1-32(2)29-46(61)58-27-9-11-44(58)48-53-30-40(55-48)34-13-17-36(18-14-34)42-25-26-43(60(42)39-23-21-38(22-24-39)52(5,6)7)37-19-15-35(16-20-37)41-31-54-49(56-41)45-12-10-28-59(45)50(62)47(33(3)4)57-51(63)64-8/h13-24,30-33,42-45,47H,9-12,25-29H2,1-8H3,(H,53,55)(H,54,56)(H,57,63)/t42-,43+,44+,45+,47+/m1/s1. The van der Waals surface area contributed by atoms with Crippen LogP contribution in [0.15, 0.2) is 85.2 Å². The smallest absolute Gasteiger partial charge is 0.407 e. The van der Waals surface area contributed by atoms with Crippen LogP contribution in [0.3, 0.4) is 0 Å². The van der Waals surface area contributed by atoms with Crippen molar-refractivity contribution < 1.29 is 19.1 Å². The highest BCUT2D eigenvalue weighted by Gasteiger charge is 2.39. The third-order valence-electron chi connectivity index (χ3n) is 13.5. The van der Waals surface area contributed by atoms with Gasteiger partial charge in [-0.3, -0.25) is 9.59 Å². The summed E-state index contributed by atoms with van der Waals surface area (Å²) in [7, 11) is 1.31. The Labute approximate surface area is 378 Å². The lowest BCUT2D eigenvalue weighted by Gasteiger charge is -2.34. The quantitative estimate of drug-likeness (QED) is 0.113. The maximum Gasteiger partial charge on any atom is 0.407 e. The Morgan fingerprint density at radius 1 is 0.703 bits per heavy atom. The number of likely N-dealkylation sites (tertiary alicyclic amines) is 2. The van der Waals surface area contributed by atoms with Gasteiger partial charge >= 0.3 is 6.09 Å². The molecular weight excluding hydrogens is 801 g/mol. The summed E-state index contributed by atoms with van der Waals surface area (Å²) in [5.41, 5.74) is 9.07. The molecule has 5 heterocycles. The zero-order valence-electron chi connectivity index (χ0n) is 38.9. The molecule has 2 aromatic heterocycles.